The number of amides is 1. The first-order chi connectivity index (χ1) is 12.3. The van der Waals surface area contributed by atoms with Crippen LogP contribution in [0.4, 0.5) is 0 Å². The number of piperazine rings is 1. The third-order valence-corrected chi connectivity index (χ3v) is 4.95. The van der Waals surface area contributed by atoms with Crippen molar-refractivity contribution < 1.29 is 9.53 Å². The molecule has 5 heteroatoms. The Morgan fingerprint density at radius 3 is 2.35 bits per heavy atom. The second kappa shape index (κ2) is 9.38. The molecule has 1 aromatic rings. The Bertz CT molecular complexity index is 558. The molecule has 1 N–H and O–H groups in total. The number of nitrogens with one attached hydrogen (secondary N) is 1. The molecule has 0 aromatic heterocycles. The summed E-state index contributed by atoms with van der Waals surface area (Å²) in [6.45, 7) is 14.6. The van der Waals surface area contributed by atoms with E-state index in [0.29, 0.717) is 6.54 Å². The van der Waals surface area contributed by atoms with Gasteiger partial charge in [0.1, 0.15) is 5.75 Å². The average Bonchev–Trinajstić information content (AvgIpc) is 2.59. The number of rotatable bonds is 7. The van der Waals surface area contributed by atoms with E-state index in [9.17, 15) is 4.79 Å². The van der Waals surface area contributed by atoms with Gasteiger partial charge in [-0.3, -0.25) is 4.79 Å². The van der Waals surface area contributed by atoms with Crippen LogP contribution in [0.15, 0.2) is 24.3 Å². The van der Waals surface area contributed by atoms with Crippen LogP contribution in [-0.2, 0) is 10.2 Å². The minimum Gasteiger partial charge on any atom is -0.481 e. The van der Waals surface area contributed by atoms with Crippen molar-refractivity contribution in [3.8, 4) is 5.75 Å². The summed E-state index contributed by atoms with van der Waals surface area (Å²) >= 11 is 0. The highest BCUT2D eigenvalue weighted by Gasteiger charge is 2.17. The molecule has 1 aromatic carbocycles. The van der Waals surface area contributed by atoms with Gasteiger partial charge in [-0.1, -0.05) is 32.9 Å². The van der Waals surface area contributed by atoms with Gasteiger partial charge in [0.15, 0.2) is 6.10 Å². The molecule has 26 heavy (non-hydrogen) atoms. The Morgan fingerprint density at radius 2 is 1.77 bits per heavy atom. The number of likely N-dealkylation sites (N-methyl/N-ethyl adjacent to an activating group) is 1. The minimum atomic E-state index is -0.487. The molecule has 1 atom stereocenters. The lowest BCUT2D eigenvalue weighted by Gasteiger charge is -2.32. The molecule has 0 bridgehead atoms. The van der Waals surface area contributed by atoms with Crippen LogP contribution >= 0.6 is 0 Å². The maximum atomic E-state index is 12.2. The molecule has 1 aliphatic heterocycles. The molecule has 0 spiro atoms. The Morgan fingerprint density at radius 1 is 1.15 bits per heavy atom. The van der Waals surface area contributed by atoms with Crippen molar-refractivity contribution in [3.05, 3.63) is 29.8 Å². The molecule has 1 aliphatic rings. The maximum Gasteiger partial charge on any atom is 0.260 e. The van der Waals surface area contributed by atoms with Gasteiger partial charge in [-0.05, 0) is 50.0 Å². The number of hydrogen-bond acceptors (Lipinski definition) is 4. The highest BCUT2D eigenvalue weighted by molar-refractivity contribution is 5.80. The predicted molar refractivity (Wildman–Crippen MR) is 107 cm³/mol. The Balaban J connectivity index is 1.67. The van der Waals surface area contributed by atoms with Crippen LogP contribution in [0.3, 0.4) is 0 Å². The first kappa shape index (κ1) is 20.7. The molecule has 1 saturated heterocycles. The standard InChI is InChI=1S/C21H35N3O2/c1-17(26-19-9-7-18(8-10-19)21(2,3)4)20(25)22-11-6-12-24-15-13-23(5)14-16-24/h7-10,17H,6,11-16H2,1-5H3,(H,22,25)/t17-/m0/s1. The first-order valence-corrected chi connectivity index (χ1v) is 9.71. The number of hydrogen-bond donors (Lipinski definition) is 1. The van der Waals surface area contributed by atoms with Gasteiger partial charge >= 0.3 is 0 Å². The topological polar surface area (TPSA) is 44.8 Å². The smallest absolute Gasteiger partial charge is 0.260 e. The zero-order valence-corrected chi connectivity index (χ0v) is 17.0. The average molecular weight is 362 g/mol. The van der Waals surface area contributed by atoms with E-state index in [1.54, 1.807) is 6.92 Å². The molecule has 0 saturated carbocycles. The van der Waals surface area contributed by atoms with Crippen molar-refractivity contribution >= 4 is 5.91 Å². The summed E-state index contributed by atoms with van der Waals surface area (Å²) < 4.78 is 5.77. The van der Waals surface area contributed by atoms with Gasteiger partial charge < -0.3 is 19.9 Å². The summed E-state index contributed by atoms with van der Waals surface area (Å²) in [5.41, 5.74) is 1.37. The van der Waals surface area contributed by atoms with E-state index in [1.807, 2.05) is 12.1 Å². The van der Waals surface area contributed by atoms with Crippen LogP contribution in [0.1, 0.15) is 39.7 Å². The van der Waals surface area contributed by atoms with Crippen molar-refractivity contribution in [2.75, 3.05) is 46.3 Å². The lowest BCUT2D eigenvalue weighted by atomic mass is 9.87. The zero-order chi connectivity index (χ0) is 19.2. The van der Waals surface area contributed by atoms with Crippen molar-refractivity contribution in [1.82, 2.24) is 15.1 Å². The largest absolute Gasteiger partial charge is 0.481 e. The van der Waals surface area contributed by atoms with Crippen LogP contribution in [0.5, 0.6) is 5.75 Å². The second-order valence-electron chi connectivity index (χ2n) is 8.32. The van der Waals surface area contributed by atoms with Crippen molar-refractivity contribution in [2.45, 2.75) is 45.6 Å². The monoisotopic (exact) mass is 361 g/mol. The predicted octanol–water partition coefficient (Wildman–Crippen LogP) is 2.51. The van der Waals surface area contributed by atoms with Crippen LogP contribution in [-0.4, -0.2) is 68.1 Å². The van der Waals surface area contributed by atoms with Crippen LogP contribution in [0.2, 0.25) is 0 Å². The lowest BCUT2D eigenvalue weighted by Crippen LogP contribution is -2.45. The summed E-state index contributed by atoms with van der Waals surface area (Å²) in [6, 6.07) is 8.02. The van der Waals surface area contributed by atoms with E-state index < -0.39 is 6.10 Å². The molecule has 1 fully saturated rings. The van der Waals surface area contributed by atoms with Gasteiger partial charge in [0, 0.05) is 32.7 Å². The number of benzene rings is 1. The van der Waals surface area contributed by atoms with Crippen LogP contribution < -0.4 is 10.1 Å². The van der Waals surface area contributed by atoms with Gasteiger partial charge in [-0.25, -0.2) is 0 Å². The van der Waals surface area contributed by atoms with Crippen molar-refractivity contribution in [3.63, 3.8) is 0 Å². The molecule has 1 heterocycles. The zero-order valence-electron chi connectivity index (χ0n) is 17.0. The second-order valence-corrected chi connectivity index (χ2v) is 8.32. The van der Waals surface area contributed by atoms with Gasteiger partial charge in [0.05, 0.1) is 0 Å². The van der Waals surface area contributed by atoms with E-state index in [1.165, 1.54) is 5.56 Å². The number of nitrogens with zero attached hydrogens (tertiary/aromatic N) is 2. The highest BCUT2D eigenvalue weighted by atomic mass is 16.5. The summed E-state index contributed by atoms with van der Waals surface area (Å²) in [5, 5.41) is 2.99. The molecule has 0 radical (unpaired) electrons. The highest BCUT2D eigenvalue weighted by Crippen LogP contribution is 2.24. The quantitative estimate of drug-likeness (QED) is 0.758. The molecule has 2 rings (SSSR count). The Hall–Kier alpha value is -1.59. The summed E-state index contributed by atoms with van der Waals surface area (Å²) in [6.07, 6.45) is 0.488. The normalized spacial score (nSPS) is 17.7. The maximum absolute atomic E-state index is 12.2. The Kier molecular flexibility index (Phi) is 7.47. The van der Waals surface area contributed by atoms with E-state index >= 15 is 0 Å². The summed E-state index contributed by atoms with van der Waals surface area (Å²) in [4.78, 5) is 17.0. The summed E-state index contributed by atoms with van der Waals surface area (Å²) in [5.74, 6) is 0.682. The fourth-order valence-electron chi connectivity index (χ4n) is 3.02. The molecule has 146 valence electrons. The molecule has 1 amide bonds. The fraction of sp³-hybridized carbons (Fsp3) is 0.667. The first-order valence-electron chi connectivity index (χ1n) is 9.71. The third kappa shape index (κ3) is 6.61. The molecule has 0 unspecified atom stereocenters. The van der Waals surface area contributed by atoms with Gasteiger partial charge in [-0.2, -0.15) is 0 Å². The van der Waals surface area contributed by atoms with Crippen molar-refractivity contribution in [2.24, 2.45) is 0 Å². The fourth-order valence-corrected chi connectivity index (χ4v) is 3.02. The summed E-state index contributed by atoms with van der Waals surface area (Å²) in [7, 11) is 2.16. The number of carbonyl (C=O) groups excluding carboxylic acids is 1. The lowest BCUT2D eigenvalue weighted by molar-refractivity contribution is -0.127. The molecule has 5 nitrogen and oxygen atoms in total. The van der Waals surface area contributed by atoms with Gasteiger partial charge in [0.25, 0.3) is 5.91 Å². The molecule has 0 aliphatic carbocycles. The van der Waals surface area contributed by atoms with E-state index in [-0.39, 0.29) is 11.3 Å². The number of carbonyl (C=O) groups is 1. The van der Waals surface area contributed by atoms with E-state index in [2.05, 4.69) is 55.1 Å². The third-order valence-electron chi connectivity index (χ3n) is 4.95. The SMILES string of the molecule is C[C@H](Oc1ccc(C(C)(C)C)cc1)C(=O)NCCCN1CCN(C)CC1. The van der Waals surface area contributed by atoms with E-state index in [0.717, 1.165) is 44.9 Å². The van der Waals surface area contributed by atoms with Crippen molar-refractivity contribution in [1.29, 1.82) is 0 Å². The van der Waals surface area contributed by atoms with Gasteiger partial charge in [0.2, 0.25) is 0 Å². The minimum absolute atomic E-state index is 0.0525. The molecular weight excluding hydrogens is 326 g/mol. The van der Waals surface area contributed by atoms with E-state index in [4.69, 9.17) is 4.74 Å². The molecular formula is C21H35N3O2. The van der Waals surface area contributed by atoms with Gasteiger partial charge in [-0.15, -0.1) is 0 Å². The number of ether oxygens (including phenoxy) is 1. The van der Waals surface area contributed by atoms with Crippen LogP contribution in [0, 0.1) is 0 Å². The van der Waals surface area contributed by atoms with Crippen LogP contribution in [0.25, 0.3) is 0 Å². The Labute approximate surface area is 158 Å².